The summed E-state index contributed by atoms with van der Waals surface area (Å²) in [5.74, 6) is 2.13. The minimum absolute atomic E-state index is 0.576. The molecule has 1 aromatic rings. The number of nitrogens with one attached hydrogen (secondary N) is 2. The van der Waals surface area contributed by atoms with Crippen molar-refractivity contribution in [3.05, 3.63) is 34.9 Å². The number of aliphatic imine (C=N–C) groups is 1. The smallest absolute Gasteiger partial charge is 0.191 e. The Balaban J connectivity index is 1.56. The predicted molar refractivity (Wildman–Crippen MR) is 96.0 cm³/mol. The van der Waals surface area contributed by atoms with Gasteiger partial charge in [-0.3, -0.25) is 4.99 Å². The van der Waals surface area contributed by atoms with Crippen molar-refractivity contribution in [2.45, 2.75) is 24.7 Å². The van der Waals surface area contributed by atoms with Crippen LogP contribution in [0.2, 0.25) is 5.02 Å². The van der Waals surface area contributed by atoms with Gasteiger partial charge >= 0.3 is 0 Å². The lowest BCUT2D eigenvalue weighted by Crippen LogP contribution is -2.41. The van der Waals surface area contributed by atoms with E-state index in [0.717, 1.165) is 34.9 Å². The van der Waals surface area contributed by atoms with Crippen LogP contribution in [0, 0.1) is 0 Å². The largest absolute Gasteiger partial charge is 0.375 e. The van der Waals surface area contributed by atoms with Crippen molar-refractivity contribution in [3.63, 3.8) is 0 Å². The molecule has 2 N–H and O–H groups in total. The lowest BCUT2D eigenvalue weighted by Gasteiger charge is -2.14. The van der Waals surface area contributed by atoms with E-state index in [2.05, 4.69) is 15.6 Å². The van der Waals surface area contributed by atoms with Crippen LogP contribution in [0.1, 0.15) is 18.4 Å². The summed E-state index contributed by atoms with van der Waals surface area (Å²) in [6.07, 6.45) is 2.64. The summed E-state index contributed by atoms with van der Waals surface area (Å²) in [7, 11) is 1.80. The first-order valence-corrected chi connectivity index (χ1v) is 9.09. The highest BCUT2D eigenvalue weighted by molar-refractivity contribution is 8.00. The van der Waals surface area contributed by atoms with Crippen LogP contribution in [0.4, 0.5) is 0 Å². The van der Waals surface area contributed by atoms with Gasteiger partial charge in [0.15, 0.2) is 5.96 Å². The Hall–Kier alpha value is -0.910. The molecular formula is C16H24ClN3OS. The maximum absolute atomic E-state index is 5.94. The van der Waals surface area contributed by atoms with Crippen molar-refractivity contribution in [3.8, 4) is 0 Å². The highest BCUT2D eigenvalue weighted by Crippen LogP contribution is 2.25. The van der Waals surface area contributed by atoms with Gasteiger partial charge < -0.3 is 15.4 Å². The van der Waals surface area contributed by atoms with Gasteiger partial charge in [-0.05, 0) is 36.3 Å². The number of guanidine groups is 1. The molecule has 0 spiro atoms. The van der Waals surface area contributed by atoms with E-state index in [0.29, 0.717) is 13.2 Å². The first kappa shape index (κ1) is 17.4. The second kappa shape index (κ2) is 9.98. The van der Waals surface area contributed by atoms with Crippen molar-refractivity contribution < 1.29 is 4.74 Å². The van der Waals surface area contributed by atoms with Gasteiger partial charge in [-0.1, -0.05) is 23.7 Å². The fraction of sp³-hybridized carbons (Fsp3) is 0.562. The molecule has 0 aromatic heterocycles. The van der Waals surface area contributed by atoms with Crippen LogP contribution in [-0.2, 0) is 11.3 Å². The third-order valence-corrected chi connectivity index (χ3v) is 5.07. The quantitative estimate of drug-likeness (QED) is 0.455. The molecule has 0 radical (unpaired) electrons. The monoisotopic (exact) mass is 341 g/mol. The van der Waals surface area contributed by atoms with Crippen molar-refractivity contribution >= 4 is 29.3 Å². The summed E-state index contributed by atoms with van der Waals surface area (Å²) >= 11 is 7.99. The number of thioether (sulfide) groups is 1. The van der Waals surface area contributed by atoms with Gasteiger partial charge in [-0.2, -0.15) is 11.8 Å². The molecule has 0 bridgehead atoms. The second-order valence-electron chi connectivity index (χ2n) is 5.20. The summed E-state index contributed by atoms with van der Waals surface area (Å²) in [5, 5.41) is 8.11. The molecule has 0 aliphatic carbocycles. The number of benzene rings is 1. The SMILES string of the molecule is CN=C(NCCOCc1cccc(Cl)c1)NCC1CCCS1. The van der Waals surface area contributed by atoms with Gasteiger partial charge in [0.1, 0.15) is 0 Å². The van der Waals surface area contributed by atoms with Gasteiger partial charge in [-0.25, -0.2) is 0 Å². The zero-order chi connectivity index (χ0) is 15.6. The highest BCUT2D eigenvalue weighted by atomic mass is 35.5. The Morgan fingerprint density at radius 2 is 2.36 bits per heavy atom. The van der Waals surface area contributed by atoms with Gasteiger partial charge in [0.05, 0.1) is 13.2 Å². The lowest BCUT2D eigenvalue weighted by atomic mass is 10.2. The van der Waals surface area contributed by atoms with Crippen LogP contribution in [0.5, 0.6) is 0 Å². The van der Waals surface area contributed by atoms with Crippen LogP contribution in [-0.4, -0.2) is 43.7 Å². The molecule has 1 aliphatic heterocycles. The molecule has 122 valence electrons. The maximum atomic E-state index is 5.94. The van der Waals surface area contributed by atoms with Crippen LogP contribution in [0.15, 0.2) is 29.3 Å². The molecule has 1 aliphatic rings. The number of hydrogen-bond acceptors (Lipinski definition) is 3. The summed E-state index contributed by atoms with van der Waals surface area (Å²) < 4.78 is 5.64. The first-order chi connectivity index (χ1) is 10.8. The van der Waals surface area contributed by atoms with E-state index in [4.69, 9.17) is 16.3 Å². The van der Waals surface area contributed by atoms with Gasteiger partial charge in [0.25, 0.3) is 0 Å². The number of hydrogen-bond donors (Lipinski definition) is 2. The van der Waals surface area contributed by atoms with E-state index in [-0.39, 0.29) is 0 Å². The molecule has 0 saturated carbocycles. The Bertz CT molecular complexity index is 478. The fourth-order valence-electron chi connectivity index (χ4n) is 2.29. The van der Waals surface area contributed by atoms with E-state index < -0.39 is 0 Å². The zero-order valence-corrected chi connectivity index (χ0v) is 14.6. The number of halogens is 1. The van der Waals surface area contributed by atoms with E-state index in [1.54, 1.807) is 7.05 Å². The summed E-state index contributed by atoms with van der Waals surface area (Å²) in [6.45, 7) is 2.92. The number of ether oxygens (including phenoxy) is 1. The van der Waals surface area contributed by atoms with Gasteiger partial charge in [0.2, 0.25) is 0 Å². The Labute approximate surface area is 142 Å². The van der Waals surface area contributed by atoms with Crippen molar-refractivity contribution in [2.24, 2.45) is 4.99 Å². The Morgan fingerprint density at radius 1 is 1.45 bits per heavy atom. The average Bonchev–Trinajstić information content (AvgIpc) is 3.03. The number of nitrogens with zero attached hydrogens (tertiary/aromatic N) is 1. The molecule has 6 heteroatoms. The highest BCUT2D eigenvalue weighted by Gasteiger charge is 2.15. The number of rotatable bonds is 7. The third kappa shape index (κ3) is 6.46. The van der Waals surface area contributed by atoms with Crippen LogP contribution in [0.25, 0.3) is 0 Å². The molecule has 22 heavy (non-hydrogen) atoms. The van der Waals surface area contributed by atoms with Crippen LogP contribution >= 0.6 is 23.4 Å². The zero-order valence-electron chi connectivity index (χ0n) is 13.0. The molecule has 1 atom stereocenters. The van der Waals surface area contributed by atoms with Crippen LogP contribution < -0.4 is 10.6 Å². The predicted octanol–water partition coefficient (Wildman–Crippen LogP) is 2.92. The standard InChI is InChI=1S/C16H24ClN3OS/c1-18-16(20-11-15-6-3-9-22-15)19-7-8-21-12-13-4-2-5-14(17)10-13/h2,4-5,10,15H,3,6-9,11-12H2,1H3,(H2,18,19,20). The van der Waals surface area contributed by atoms with Crippen molar-refractivity contribution in [1.29, 1.82) is 0 Å². The topological polar surface area (TPSA) is 45.7 Å². The molecular weight excluding hydrogens is 318 g/mol. The fourth-order valence-corrected chi connectivity index (χ4v) is 3.71. The van der Waals surface area contributed by atoms with E-state index >= 15 is 0 Å². The summed E-state index contributed by atoms with van der Waals surface area (Å²) in [6, 6.07) is 7.74. The maximum Gasteiger partial charge on any atom is 0.191 e. The van der Waals surface area contributed by atoms with E-state index in [1.165, 1.54) is 18.6 Å². The van der Waals surface area contributed by atoms with Gasteiger partial charge in [0, 0.05) is 30.4 Å². The van der Waals surface area contributed by atoms with E-state index in [9.17, 15) is 0 Å². The summed E-state index contributed by atoms with van der Waals surface area (Å²) in [5.41, 5.74) is 1.09. The van der Waals surface area contributed by atoms with Crippen LogP contribution in [0.3, 0.4) is 0 Å². The molecule has 2 rings (SSSR count). The Kier molecular flexibility index (Phi) is 7.91. The second-order valence-corrected chi connectivity index (χ2v) is 7.04. The first-order valence-electron chi connectivity index (χ1n) is 7.66. The molecule has 1 fully saturated rings. The average molecular weight is 342 g/mol. The summed E-state index contributed by atoms with van der Waals surface area (Å²) in [4.78, 5) is 4.23. The molecule has 1 aromatic carbocycles. The minimum Gasteiger partial charge on any atom is -0.375 e. The van der Waals surface area contributed by atoms with E-state index in [1.807, 2.05) is 36.0 Å². The van der Waals surface area contributed by atoms with Crippen molar-refractivity contribution in [2.75, 3.05) is 32.5 Å². The molecule has 0 amide bonds. The van der Waals surface area contributed by atoms with Crippen molar-refractivity contribution in [1.82, 2.24) is 10.6 Å². The normalized spacial score (nSPS) is 18.5. The molecule has 1 saturated heterocycles. The van der Waals surface area contributed by atoms with Gasteiger partial charge in [-0.15, -0.1) is 0 Å². The molecule has 1 unspecified atom stereocenters. The third-order valence-electron chi connectivity index (χ3n) is 3.44. The molecule has 4 nitrogen and oxygen atoms in total. The molecule has 1 heterocycles. The Morgan fingerprint density at radius 3 is 3.09 bits per heavy atom. The minimum atomic E-state index is 0.576. The lowest BCUT2D eigenvalue weighted by molar-refractivity contribution is 0.125.